The fraction of sp³-hybridized carbons (Fsp3) is 0.174. The van der Waals surface area contributed by atoms with Crippen molar-refractivity contribution in [1.82, 2.24) is 5.32 Å². The van der Waals surface area contributed by atoms with Crippen LogP contribution in [0.2, 0.25) is 5.02 Å². The van der Waals surface area contributed by atoms with Gasteiger partial charge in [0.25, 0.3) is 0 Å². The third-order valence-corrected chi connectivity index (χ3v) is 5.70. The Hall–Kier alpha value is -2.61. The fourth-order valence-corrected chi connectivity index (χ4v) is 3.63. The van der Waals surface area contributed by atoms with Gasteiger partial charge in [0.2, 0.25) is 0 Å². The van der Waals surface area contributed by atoms with Crippen molar-refractivity contribution < 1.29 is 23.8 Å². The molecule has 162 valence electrons. The van der Waals surface area contributed by atoms with Gasteiger partial charge in [-0.05, 0) is 42.0 Å². The molecule has 3 aromatic carbocycles. The van der Waals surface area contributed by atoms with E-state index in [1.165, 1.54) is 12.1 Å². The lowest BCUT2D eigenvalue weighted by atomic mass is 10.1. The lowest BCUT2D eigenvalue weighted by Crippen LogP contribution is -2.15. The first-order chi connectivity index (χ1) is 14.9. The summed E-state index contributed by atoms with van der Waals surface area (Å²) in [6, 6.07) is 14.5. The van der Waals surface area contributed by atoms with E-state index in [1.807, 2.05) is 6.07 Å². The van der Waals surface area contributed by atoms with Crippen LogP contribution in [0, 0.1) is 5.82 Å². The molecule has 8 heteroatoms. The maximum absolute atomic E-state index is 13.3. The number of hydrogen-bond acceptors (Lipinski definition) is 4. The number of hydrogen-bond donors (Lipinski definition) is 2. The summed E-state index contributed by atoms with van der Waals surface area (Å²) in [5.41, 5.74) is 2.70. The summed E-state index contributed by atoms with van der Waals surface area (Å²) in [7, 11) is 1.56. The van der Waals surface area contributed by atoms with Crippen LogP contribution in [0.15, 0.2) is 59.1 Å². The van der Waals surface area contributed by atoms with Crippen LogP contribution in [0.25, 0.3) is 0 Å². The van der Waals surface area contributed by atoms with Crippen LogP contribution in [0.1, 0.15) is 27.0 Å². The SMILES string of the molecule is COc1ccc(Br)c(CNCc2ccc(C(=O)O)cc2)c1OCc1ccc(F)cc1Cl. The molecule has 0 aliphatic carbocycles. The molecule has 31 heavy (non-hydrogen) atoms. The van der Waals surface area contributed by atoms with Gasteiger partial charge in [0.15, 0.2) is 11.5 Å². The Morgan fingerprint density at radius 2 is 1.87 bits per heavy atom. The number of carbonyl (C=O) groups is 1. The van der Waals surface area contributed by atoms with Gasteiger partial charge in [0, 0.05) is 28.7 Å². The smallest absolute Gasteiger partial charge is 0.335 e. The molecule has 3 aromatic rings. The van der Waals surface area contributed by atoms with Crippen molar-refractivity contribution >= 4 is 33.5 Å². The van der Waals surface area contributed by atoms with Crippen molar-refractivity contribution in [3.05, 3.63) is 92.2 Å². The molecule has 0 fully saturated rings. The van der Waals surface area contributed by atoms with E-state index in [1.54, 1.807) is 43.5 Å². The molecule has 5 nitrogen and oxygen atoms in total. The highest BCUT2D eigenvalue weighted by atomic mass is 79.9. The zero-order chi connectivity index (χ0) is 22.4. The van der Waals surface area contributed by atoms with E-state index in [0.29, 0.717) is 35.2 Å². The molecule has 0 aromatic heterocycles. The number of rotatable bonds is 9. The Labute approximate surface area is 192 Å². The van der Waals surface area contributed by atoms with Gasteiger partial charge in [0.05, 0.1) is 17.7 Å². The summed E-state index contributed by atoms with van der Waals surface area (Å²) >= 11 is 9.67. The standard InChI is InChI=1S/C23H20BrClFNO4/c1-30-21-9-8-19(24)18(12-27-11-14-2-4-15(5-3-14)23(28)29)22(21)31-13-16-6-7-17(26)10-20(16)25/h2-10,27H,11-13H2,1H3,(H,28,29). The molecular formula is C23H20BrClFNO4. The first kappa shape index (κ1) is 23.1. The first-order valence-corrected chi connectivity index (χ1v) is 10.5. The summed E-state index contributed by atoms with van der Waals surface area (Å²) in [6.45, 7) is 1.15. The number of carboxylic acids is 1. The van der Waals surface area contributed by atoms with Crippen molar-refractivity contribution in [2.75, 3.05) is 7.11 Å². The van der Waals surface area contributed by atoms with Crippen LogP contribution in [0.4, 0.5) is 4.39 Å². The molecule has 0 atom stereocenters. The molecule has 0 radical (unpaired) electrons. The molecule has 0 bridgehead atoms. The molecule has 0 spiro atoms. The third kappa shape index (κ3) is 5.97. The van der Waals surface area contributed by atoms with Gasteiger partial charge in [-0.1, -0.05) is 45.7 Å². The molecule has 2 N–H and O–H groups in total. The van der Waals surface area contributed by atoms with Gasteiger partial charge < -0.3 is 19.9 Å². The lowest BCUT2D eigenvalue weighted by Gasteiger charge is -2.18. The summed E-state index contributed by atoms with van der Waals surface area (Å²) in [5, 5.41) is 12.6. The van der Waals surface area contributed by atoms with Gasteiger partial charge in [-0.3, -0.25) is 0 Å². The molecule has 0 saturated carbocycles. The van der Waals surface area contributed by atoms with E-state index in [-0.39, 0.29) is 12.2 Å². The average Bonchev–Trinajstić information content (AvgIpc) is 2.75. The zero-order valence-electron chi connectivity index (χ0n) is 16.6. The maximum atomic E-state index is 13.3. The van der Waals surface area contributed by atoms with E-state index in [0.717, 1.165) is 15.6 Å². The van der Waals surface area contributed by atoms with Crippen LogP contribution in [0.5, 0.6) is 11.5 Å². The third-order valence-electron chi connectivity index (χ3n) is 4.61. The number of nitrogens with one attached hydrogen (secondary N) is 1. The lowest BCUT2D eigenvalue weighted by molar-refractivity contribution is 0.0697. The van der Waals surface area contributed by atoms with Crippen LogP contribution in [-0.4, -0.2) is 18.2 Å². The van der Waals surface area contributed by atoms with Gasteiger partial charge in [-0.15, -0.1) is 0 Å². The second-order valence-corrected chi connectivity index (χ2v) is 7.95. The van der Waals surface area contributed by atoms with Crippen molar-refractivity contribution in [1.29, 1.82) is 0 Å². The van der Waals surface area contributed by atoms with Crippen LogP contribution in [0.3, 0.4) is 0 Å². The molecule has 0 aliphatic heterocycles. The number of ether oxygens (including phenoxy) is 2. The summed E-state index contributed by atoms with van der Waals surface area (Å²) < 4.78 is 25.6. The normalized spacial score (nSPS) is 10.7. The Kier molecular flexibility index (Phi) is 7.90. The molecular weight excluding hydrogens is 489 g/mol. The molecule has 3 rings (SSSR count). The van der Waals surface area contributed by atoms with Crippen molar-refractivity contribution in [2.24, 2.45) is 0 Å². The van der Waals surface area contributed by atoms with E-state index in [2.05, 4.69) is 21.2 Å². The minimum Gasteiger partial charge on any atom is -0.493 e. The van der Waals surface area contributed by atoms with Crippen molar-refractivity contribution in [3.63, 3.8) is 0 Å². The zero-order valence-corrected chi connectivity index (χ0v) is 19.0. The quantitative estimate of drug-likeness (QED) is 0.381. The second-order valence-electron chi connectivity index (χ2n) is 6.69. The van der Waals surface area contributed by atoms with Crippen molar-refractivity contribution in [3.8, 4) is 11.5 Å². The second kappa shape index (κ2) is 10.6. The highest BCUT2D eigenvalue weighted by Gasteiger charge is 2.16. The van der Waals surface area contributed by atoms with Crippen LogP contribution < -0.4 is 14.8 Å². The number of methoxy groups -OCH3 is 1. The molecule has 0 saturated heterocycles. The largest absolute Gasteiger partial charge is 0.493 e. The van der Waals surface area contributed by atoms with E-state index in [4.69, 9.17) is 26.2 Å². The molecule has 0 amide bonds. The first-order valence-electron chi connectivity index (χ1n) is 9.34. The number of carboxylic acid groups (broad SMARTS) is 1. The number of halogens is 3. The Bertz CT molecular complexity index is 1080. The Balaban J connectivity index is 1.73. The van der Waals surface area contributed by atoms with E-state index in [9.17, 15) is 9.18 Å². The number of benzene rings is 3. The predicted molar refractivity (Wildman–Crippen MR) is 120 cm³/mol. The average molecular weight is 509 g/mol. The Morgan fingerprint density at radius 3 is 2.52 bits per heavy atom. The summed E-state index contributed by atoms with van der Waals surface area (Å²) in [6.07, 6.45) is 0. The van der Waals surface area contributed by atoms with E-state index < -0.39 is 11.8 Å². The molecule has 0 aliphatic rings. The van der Waals surface area contributed by atoms with Crippen LogP contribution >= 0.6 is 27.5 Å². The molecule has 0 unspecified atom stereocenters. The minimum absolute atomic E-state index is 0.148. The van der Waals surface area contributed by atoms with E-state index >= 15 is 0 Å². The topological polar surface area (TPSA) is 67.8 Å². The van der Waals surface area contributed by atoms with Gasteiger partial charge in [-0.2, -0.15) is 0 Å². The predicted octanol–water partition coefficient (Wildman–Crippen LogP) is 5.82. The van der Waals surface area contributed by atoms with Crippen LogP contribution in [-0.2, 0) is 19.7 Å². The highest BCUT2D eigenvalue weighted by molar-refractivity contribution is 9.10. The highest BCUT2D eigenvalue weighted by Crippen LogP contribution is 2.37. The Morgan fingerprint density at radius 1 is 1.13 bits per heavy atom. The van der Waals surface area contributed by atoms with Crippen molar-refractivity contribution in [2.45, 2.75) is 19.7 Å². The monoisotopic (exact) mass is 507 g/mol. The number of aromatic carboxylic acids is 1. The fourth-order valence-electron chi connectivity index (χ4n) is 2.95. The minimum atomic E-state index is -0.956. The van der Waals surface area contributed by atoms with Gasteiger partial charge in [0.1, 0.15) is 12.4 Å². The summed E-state index contributed by atoms with van der Waals surface area (Å²) in [4.78, 5) is 11.0. The summed E-state index contributed by atoms with van der Waals surface area (Å²) in [5.74, 6) is -0.257. The van der Waals surface area contributed by atoms with Gasteiger partial charge >= 0.3 is 5.97 Å². The maximum Gasteiger partial charge on any atom is 0.335 e. The van der Waals surface area contributed by atoms with Gasteiger partial charge in [-0.25, -0.2) is 9.18 Å². The molecule has 0 heterocycles.